The molecule has 0 aromatic heterocycles. The zero-order chi connectivity index (χ0) is 13.3. The monoisotopic (exact) mass is 258 g/mol. The first-order valence-electron chi connectivity index (χ1n) is 5.55. The first-order valence-corrected chi connectivity index (χ1v) is 5.55. The molecule has 1 fully saturated rings. The molecule has 7 heteroatoms. The van der Waals surface area contributed by atoms with E-state index in [1.807, 2.05) is 0 Å². The second-order valence-electron chi connectivity index (χ2n) is 4.19. The zero-order valence-electron chi connectivity index (χ0n) is 9.47. The zero-order valence-corrected chi connectivity index (χ0v) is 9.47. The molecule has 0 spiro atoms. The molecule has 18 heavy (non-hydrogen) atoms. The normalized spacial score (nSPS) is 19.3. The Hall–Kier alpha value is -1.76. The molecule has 1 aliphatic heterocycles. The third-order valence-corrected chi connectivity index (χ3v) is 3.09. The van der Waals surface area contributed by atoms with Crippen molar-refractivity contribution < 1.29 is 18.8 Å². The molecule has 98 valence electrons. The fourth-order valence-corrected chi connectivity index (χ4v) is 2.25. The van der Waals surface area contributed by atoms with Gasteiger partial charge in [-0.2, -0.15) is 0 Å². The number of anilines is 1. The van der Waals surface area contributed by atoms with Gasteiger partial charge in [0, 0.05) is 6.54 Å². The van der Waals surface area contributed by atoms with E-state index in [-0.39, 0.29) is 18.3 Å². The van der Waals surface area contributed by atoms with Gasteiger partial charge in [-0.3, -0.25) is 10.1 Å². The number of aliphatic hydroxyl groups is 1. The number of nitrogens with zero attached hydrogens (tertiary/aromatic N) is 2. The van der Waals surface area contributed by atoms with Crippen LogP contribution in [0.3, 0.4) is 0 Å². The smallest absolute Gasteiger partial charge is 0.275 e. The van der Waals surface area contributed by atoms with Gasteiger partial charge in [0.25, 0.3) is 5.69 Å². The number of nitro groups is 1. The lowest BCUT2D eigenvalue weighted by Gasteiger charge is -2.25. The Morgan fingerprint density at radius 1 is 1.44 bits per heavy atom. The Bertz CT molecular complexity index is 458. The van der Waals surface area contributed by atoms with E-state index in [4.69, 9.17) is 5.11 Å². The fraction of sp³-hybridized carbons (Fsp3) is 0.455. The van der Waals surface area contributed by atoms with Crippen molar-refractivity contribution in [3.63, 3.8) is 0 Å². The van der Waals surface area contributed by atoms with Crippen LogP contribution in [0, 0.1) is 21.7 Å². The minimum Gasteiger partial charge on any atom is -0.394 e. The summed E-state index contributed by atoms with van der Waals surface area (Å²) in [4.78, 5) is 11.1. The molecule has 5 nitrogen and oxygen atoms in total. The summed E-state index contributed by atoms with van der Waals surface area (Å²) in [5, 5.41) is 19.6. The van der Waals surface area contributed by atoms with Crippen molar-refractivity contribution in [2.24, 2.45) is 0 Å². The molecule has 0 aliphatic carbocycles. The highest BCUT2D eigenvalue weighted by molar-refractivity contribution is 5.55. The highest BCUT2D eigenvalue weighted by Crippen LogP contribution is 2.32. The fourth-order valence-electron chi connectivity index (χ4n) is 2.25. The second kappa shape index (κ2) is 4.85. The van der Waals surface area contributed by atoms with E-state index < -0.39 is 22.2 Å². The first-order chi connectivity index (χ1) is 8.54. The first kappa shape index (κ1) is 12.7. The highest BCUT2D eigenvalue weighted by Gasteiger charge is 2.30. The SMILES string of the molecule is O=[N+]([O-])c1cc(F)c(N2CCCC2CO)c(F)c1. The molecule has 1 aliphatic rings. The number of hydrogen-bond acceptors (Lipinski definition) is 4. The van der Waals surface area contributed by atoms with Crippen LogP contribution in [-0.4, -0.2) is 29.2 Å². The molecule has 1 unspecified atom stereocenters. The summed E-state index contributed by atoms with van der Waals surface area (Å²) in [5.41, 5.74) is -0.911. The van der Waals surface area contributed by atoms with Crippen LogP contribution in [0.15, 0.2) is 12.1 Å². The van der Waals surface area contributed by atoms with Crippen molar-refractivity contribution in [1.82, 2.24) is 0 Å². The predicted molar refractivity (Wildman–Crippen MR) is 60.5 cm³/mol. The molecule has 1 heterocycles. The second-order valence-corrected chi connectivity index (χ2v) is 4.19. The van der Waals surface area contributed by atoms with Gasteiger partial charge in [0.2, 0.25) is 0 Å². The molecule has 0 saturated carbocycles. The number of aliphatic hydroxyl groups excluding tert-OH is 1. The lowest BCUT2D eigenvalue weighted by atomic mass is 10.2. The standard InChI is InChI=1S/C11H12F2N2O3/c12-9-4-8(15(17)18)5-10(13)11(9)14-3-1-2-7(14)6-16/h4-5,7,16H,1-3,6H2. The lowest BCUT2D eigenvalue weighted by Crippen LogP contribution is -2.33. The van der Waals surface area contributed by atoms with Gasteiger partial charge in [-0.25, -0.2) is 8.78 Å². The molecule has 0 radical (unpaired) electrons. The predicted octanol–water partition coefficient (Wildman–Crippen LogP) is 1.83. The third kappa shape index (κ3) is 2.13. The van der Waals surface area contributed by atoms with Gasteiger partial charge in [0.15, 0.2) is 11.6 Å². The summed E-state index contributed by atoms with van der Waals surface area (Å²) >= 11 is 0. The summed E-state index contributed by atoms with van der Waals surface area (Å²) in [6.45, 7) is 0.229. The van der Waals surface area contributed by atoms with Crippen molar-refractivity contribution in [3.05, 3.63) is 33.9 Å². The number of benzene rings is 1. The molecule has 1 saturated heterocycles. The summed E-state index contributed by atoms with van der Waals surface area (Å²) in [6, 6.07) is 1.06. The van der Waals surface area contributed by atoms with Crippen molar-refractivity contribution >= 4 is 11.4 Å². The third-order valence-electron chi connectivity index (χ3n) is 3.09. The van der Waals surface area contributed by atoms with Gasteiger partial charge < -0.3 is 10.0 Å². The van der Waals surface area contributed by atoms with Crippen molar-refractivity contribution in [2.45, 2.75) is 18.9 Å². The van der Waals surface area contributed by atoms with Crippen LogP contribution in [0.4, 0.5) is 20.2 Å². The van der Waals surface area contributed by atoms with Crippen LogP contribution in [0.1, 0.15) is 12.8 Å². The van der Waals surface area contributed by atoms with Crippen LogP contribution in [-0.2, 0) is 0 Å². The summed E-state index contributed by atoms with van der Waals surface area (Å²) < 4.78 is 27.5. The van der Waals surface area contributed by atoms with Crippen LogP contribution in [0.2, 0.25) is 0 Å². The summed E-state index contributed by atoms with van der Waals surface area (Å²) in [7, 11) is 0. The molecule has 0 bridgehead atoms. The molecule has 1 atom stereocenters. The van der Waals surface area contributed by atoms with Crippen molar-refractivity contribution in [3.8, 4) is 0 Å². The highest BCUT2D eigenvalue weighted by atomic mass is 19.1. The summed E-state index contributed by atoms with van der Waals surface area (Å²) in [5.74, 6) is -1.94. The summed E-state index contributed by atoms with van der Waals surface area (Å²) in [6.07, 6.45) is 1.37. The topological polar surface area (TPSA) is 66.6 Å². The van der Waals surface area contributed by atoms with Gasteiger partial charge >= 0.3 is 0 Å². The van der Waals surface area contributed by atoms with E-state index in [0.717, 1.165) is 6.42 Å². The maximum Gasteiger partial charge on any atom is 0.275 e. The minimum atomic E-state index is -0.970. The number of hydrogen-bond donors (Lipinski definition) is 1. The Balaban J connectivity index is 2.42. The Morgan fingerprint density at radius 3 is 2.56 bits per heavy atom. The van der Waals surface area contributed by atoms with E-state index in [9.17, 15) is 18.9 Å². The molecule has 0 amide bonds. The van der Waals surface area contributed by atoms with E-state index in [0.29, 0.717) is 25.1 Å². The van der Waals surface area contributed by atoms with Gasteiger partial charge in [-0.15, -0.1) is 0 Å². The lowest BCUT2D eigenvalue weighted by molar-refractivity contribution is -0.385. The number of halogens is 2. The maximum absolute atomic E-state index is 13.8. The van der Waals surface area contributed by atoms with Gasteiger partial charge in [-0.1, -0.05) is 0 Å². The van der Waals surface area contributed by atoms with Gasteiger partial charge in [-0.05, 0) is 12.8 Å². The average Bonchev–Trinajstić information content (AvgIpc) is 2.76. The molecular formula is C11H12F2N2O3. The quantitative estimate of drug-likeness (QED) is 0.663. The van der Waals surface area contributed by atoms with E-state index in [2.05, 4.69) is 0 Å². The molecule has 1 aromatic rings. The maximum atomic E-state index is 13.8. The van der Waals surface area contributed by atoms with Crippen LogP contribution < -0.4 is 4.90 Å². The van der Waals surface area contributed by atoms with Gasteiger partial charge in [0.1, 0.15) is 5.69 Å². The molecule has 2 rings (SSSR count). The number of non-ortho nitro benzene ring substituents is 1. The molecular weight excluding hydrogens is 246 g/mol. The van der Waals surface area contributed by atoms with E-state index in [1.54, 1.807) is 0 Å². The van der Waals surface area contributed by atoms with Crippen LogP contribution in [0.5, 0.6) is 0 Å². The van der Waals surface area contributed by atoms with Crippen molar-refractivity contribution in [2.75, 3.05) is 18.1 Å². The molecule has 1 N–H and O–H groups in total. The van der Waals surface area contributed by atoms with Crippen molar-refractivity contribution in [1.29, 1.82) is 0 Å². The largest absolute Gasteiger partial charge is 0.394 e. The van der Waals surface area contributed by atoms with E-state index >= 15 is 0 Å². The Labute approximate surface area is 102 Å². The molecule has 1 aromatic carbocycles. The Kier molecular flexibility index (Phi) is 3.42. The number of rotatable bonds is 3. The van der Waals surface area contributed by atoms with Crippen LogP contribution in [0.25, 0.3) is 0 Å². The average molecular weight is 258 g/mol. The number of nitro benzene ring substituents is 1. The minimum absolute atomic E-state index is 0.199. The Morgan fingerprint density at radius 2 is 2.06 bits per heavy atom. The van der Waals surface area contributed by atoms with E-state index in [1.165, 1.54) is 4.90 Å². The van der Waals surface area contributed by atoms with Gasteiger partial charge in [0.05, 0.1) is 29.7 Å². The van der Waals surface area contributed by atoms with Crippen LogP contribution >= 0.6 is 0 Å².